The molecule has 1 amide bonds. The lowest BCUT2D eigenvalue weighted by molar-refractivity contribution is 0.0922. The number of sulfonamides is 1. The highest BCUT2D eigenvalue weighted by Crippen LogP contribution is 2.22. The second-order valence-electron chi connectivity index (χ2n) is 7.00. The Morgan fingerprint density at radius 1 is 1.11 bits per heavy atom. The topological polar surface area (TPSA) is 96.7 Å². The summed E-state index contributed by atoms with van der Waals surface area (Å²) in [6, 6.07) is 11.2. The lowest BCUT2D eigenvalue weighted by Crippen LogP contribution is -2.33. The van der Waals surface area contributed by atoms with E-state index in [0.29, 0.717) is 11.5 Å². The molecule has 0 saturated carbocycles. The van der Waals surface area contributed by atoms with Gasteiger partial charge in [0.05, 0.1) is 10.9 Å². The molecule has 3 rings (SSSR count). The molecule has 1 N–H and O–H groups in total. The lowest BCUT2D eigenvalue weighted by Gasteiger charge is -2.21. The van der Waals surface area contributed by atoms with Crippen molar-refractivity contribution in [1.29, 1.82) is 0 Å². The first-order valence-corrected chi connectivity index (χ1v) is 10.3. The molecule has 0 aliphatic heterocycles. The van der Waals surface area contributed by atoms with Gasteiger partial charge in [-0.3, -0.25) is 9.20 Å². The summed E-state index contributed by atoms with van der Waals surface area (Å²) in [6.45, 7) is 3.95. The minimum atomic E-state index is -3.62. The zero-order valence-corrected chi connectivity index (χ0v) is 17.0. The number of nitrogens with zero attached hydrogens (tertiary/aromatic N) is 4. The van der Waals surface area contributed by atoms with Gasteiger partial charge in [-0.2, -0.15) is 0 Å². The van der Waals surface area contributed by atoms with Crippen LogP contribution in [0.1, 0.15) is 36.1 Å². The van der Waals surface area contributed by atoms with Crippen molar-refractivity contribution < 1.29 is 13.2 Å². The van der Waals surface area contributed by atoms with E-state index in [2.05, 4.69) is 15.5 Å². The molecular formula is C19H23N5O3S. The van der Waals surface area contributed by atoms with E-state index < -0.39 is 10.0 Å². The fourth-order valence-corrected chi connectivity index (χ4v) is 3.78. The van der Waals surface area contributed by atoms with Crippen LogP contribution in [0.25, 0.3) is 5.65 Å². The zero-order chi connectivity index (χ0) is 20.5. The van der Waals surface area contributed by atoms with Gasteiger partial charge in [-0.25, -0.2) is 12.7 Å². The number of amides is 1. The third kappa shape index (κ3) is 3.76. The minimum absolute atomic E-state index is 0.0465. The highest BCUT2D eigenvalue weighted by atomic mass is 32.2. The maximum absolute atomic E-state index is 12.9. The largest absolute Gasteiger partial charge is 0.342 e. The van der Waals surface area contributed by atoms with Gasteiger partial charge in [-0.1, -0.05) is 26.0 Å². The summed E-state index contributed by atoms with van der Waals surface area (Å²) in [6.07, 6.45) is 1.84. The number of pyridine rings is 1. The van der Waals surface area contributed by atoms with Crippen LogP contribution in [0.4, 0.5) is 0 Å². The van der Waals surface area contributed by atoms with Gasteiger partial charge in [0.15, 0.2) is 11.5 Å². The molecule has 8 nitrogen and oxygen atoms in total. The second kappa shape index (κ2) is 7.69. The van der Waals surface area contributed by atoms with Crippen LogP contribution >= 0.6 is 0 Å². The predicted molar refractivity (Wildman–Crippen MR) is 105 cm³/mol. The van der Waals surface area contributed by atoms with Gasteiger partial charge in [0.2, 0.25) is 10.0 Å². The molecule has 1 aromatic carbocycles. The number of rotatable bonds is 6. The van der Waals surface area contributed by atoms with E-state index in [1.54, 1.807) is 12.1 Å². The van der Waals surface area contributed by atoms with Crippen molar-refractivity contribution in [3.05, 3.63) is 60.0 Å². The van der Waals surface area contributed by atoms with Crippen LogP contribution in [0.5, 0.6) is 0 Å². The van der Waals surface area contributed by atoms with E-state index in [0.717, 1.165) is 4.31 Å². The van der Waals surface area contributed by atoms with E-state index >= 15 is 0 Å². The molecular weight excluding hydrogens is 378 g/mol. The van der Waals surface area contributed by atoms with Crippen molar-refractivity contribution in [1.82, 2.24) is 24.2 Å². The number of carbonyl (C=O) groups excluding carboxylic acids is 1. The third-order valence-electron chi connectivity index (χ3n) is 4.45. The average Bonchev–Trinajstić information content (AvgIpc) is 3.09. The van der Waals surface area contributed by atoms with E-state index in [4.69, 9.17) is 0 Å². The Bertz CT molecular complexity index is 1110. The van der Waals surface area contributed by atoms with Gasteiger partial charge in [0, 0.05) is 25.9 Å². The number of carbonyl (C=O) groups is 1. The standard InChI is InChI=1S/C19H23N5O3S/c1-13(2)17(18-22-21-16-10-5-6-11-24(16)18)20-19(25)14-8-7-9-15(12-14)28(26,27)23(3)4/h5-13,17H,1-4H3,(H,20,25)/t17-/m0/s1. The van der Waals surface area contributed by atoms with Crippen molar-refractivity contribution in [3.8, 4) is 0 Å². The van der Waals surface area contributed by atoms with Gasteiger partial charge in [-0.05, 0) is 36.2 Å². The minimum Gasteiger partial charge on any atom is -0.342 e. The number of nitrogens with one attached hydrogen (secondary N) is 1. The zero-order valence-electron chi connectivity index (χ0n) is 16.2. The second-order valence-corrected chi connectivity index (χ2v) is 9.15. The summed E-state index contributed by atoms with van der Waals surface area (Å²) < 4.78 is 27.6. The average molecular weight is 401 g/mol. The summed E-state index contributed by atoms with van der Waals surface area (Å²) >= 11 is 0. The molecule has 0 radical (unpaired) electrons. The normalized spacial score (nSPS) is 13.2. The Labute approximate surface area is 164 Å². The molecule has 0 saturated heterocycles. The van der Waals surface area contributed by atoms with Crippen molar-refractivity contribution in [3.63, 3.8) is 0 Å². The smallest absolute Gasteiger partial charge is 0.251 e. The molecule has 3 aromatic rings. The third-order valence-corrected chi connectivity index (χ3v) is 6.26. The maximum Gasteiger partial charge on any atom is 0.251 e. The Balaban J connectivity index is 1.92. The molecule has 1 atom stereocenters. The van der Waals surface area contributed by atoms with E-state index in [-0.39, 0.29) is 28.3 Å². The van der Waals surface area contributed by atoms with Crippen LogP contribution in [-0.4, -0.2) is 47.3 Å². The Morgan fingerprint density at radius 3 is 2.54 bits per heavy atom. The Morgan fingerprint density at radius 2 is 1.86 bits per heavy atom. The molecule has 0 bridgehead atoms. The number of benzene rings is 1. The molecule has 0 unspecified atom stereocenters. The van der Waals surface area contributed by atoms with E-state index in [1.807, 2.05) is 42.6 Å². The SMILES string of the molecule is CC(C)[C@H](NC(=O)c1cccc(S(=O)(=O)N(C)C)c1)c1nnc2ccccn12. The van der Waals surface area contributed by atoms with Crippen molar-refractivity contribution >= 4 is 21.6 Å². The monoisotopic (exact) mass is 401 g/mol. The van der Waals surface area contributed by atoms with Gasteiger partial charge in [0.25, 0.3) is 5.91 Å². The fourth-order valence-electron chi connectivity index (χ4n) is 2.83. The first kappa shape index (κ1) is 20.0. The van der Waals surface area contributed by atoms with Gasteiger partial charge in [0.1, 0.15) is 0 Å². The first-order valence-electron chi connectivity index (χ1n) is 8.85. The molecule has 28 heavy (non-hydrogen) atoms. The lowest BCUT2D eigenvalue weighted by atomic mass is 10.0. The molecule has 0 fully saturated rings. The van der Waals surface area contributed by atoms with Crippen molar-refractivity contribution in [2.24, 2.45) is 5.92 Å². The predicted octanol–water partition coefficient (Wildman–Crippen LogP) is 2.11. The molecule has 2 heterocycles. The van der Waals surface area contributed by atoms with Crippen molar-refractivity contribution in [2.75, 3.05) is 14.1 Å². The van der Waals surface area contributed by atoms with E-state index in [1.165, 1.54) is 26.2 Å². The summed E-state index contributed by atoms with van der Waals surface area (Å²) in [5, 5.41) is 11.3. The maximum atomic E-state index is 12.9. The summed E-state index contributed by atoms with van der Waals surface area (Å²) in [4.78, 5) is 12.9. The number of hydrogen-bond acceptors (Lipinski definition) is 5. The van der Waals surface area contributed by atoms with Crippen LogP contribution in [0.2, 0.25) is 0 Å². The van der Waals surface area contributed by atoms with Gasteiger partial charge < -0.3 is 5.32 Å². The van der Waals surface area contributed by atoms with Gasteiger partial charge >= 0.3 is 0 Å². The highest BCUT2D eigenvalue weighted by Gasteiger charge is 2.25. The molecule has 0 aliphatic carbocycles. The van der Waals surface area contributed by atoms with Crippen molar-refractivity contribution in [2.45, 2.75) is 24.8 Å². The molecule has 148 valence electrons. The van der Waals surface area contributed by atoms with E-state index in [9.17, 15) is 13.2 Å². The first-order chi connectivity index (χ1) is 13.2. The quantitative estimate of drug-likeness (QED) is 0.682. The Hall–Kier alpha value is -2.78. The Kier molecular flexibility index (Phi) is 5.48. The molecule has 9 heteroatoms. The van der Waals surface area contributed by atoms with Crippen LogP contribution in [0.3, 0.4) is 0 Å². The summed E-state index contributed by atoms with van der Waals surface area (Å²) in [5.41, 5.74) is 0.957. The van der Waals surface area contributed by atoms with Gasteiger partial charge in [-0.15, -0.1) is 10.2 Å². The number of aromatic nitrogens is 3. The van der Waals surface area contributed by atoms with Crippen LogP contribution < -0.4 is 5.32 Å². The van der Waals surface area contributed by atoms with Crippen LogP contribution in [0.15, 0.2) is 53.6 Å². The summed E-state index contributed by atoms with van der Waals surface area (Å²) in [7, 11) is -0.720. The molecule has 0 spiro atoms. The summed E-state index contributed by atoms with van der Waals surface area (Å²) in [5.74, 6) is 0.295. The molecule has 0 aliphatic rings. The highest BCUT2D eigenvalue weighted by molar-refractivity contribution is 7.89. The number of fused-ring (bicyclic) bond motifs is 1. The number of hydrogen-bond donors (Lipinski definition) is 1. The fraction of sp³-hybridized carbons (Fsp3) is 0.316. The molecule has 2 aromatic heterocycles. The van der Waals surface area contributed by atoms with Crippen LogP contribution in [-0.2, 0) is 10.0 Å². The van der Waals surface area contributed by atoms with Crippen LogP contribution in [0, 0.1) is 5.92 Å².